The minimum Gasteiger partial charge on any atom is -0.478 e. The van der Waals surface area contributed by atoms with E-state index in [2.05, 4.69) is 4.72 Å². The van der Waals surface area contributed by atoms with Gasteiger partial charge in [-0.15, -0.1) is 0 Å². The van der Waals surface area contributed by atoms with Gasteiger partial charge in [0.25, 0.3) is 10.0 Å². The van der Waals surface area contributed by atoms with Crippen molar-refractivity contribution in [3.05, 3.63) is 65.7 Å². The lowest BCUT2D eigenvalue weighted by Crippen LogP contribution is -2.15. The van der Waals surface area contributed by atoms with Crippen molar-refractivity contribution in [1.82, 2.24) is 0 Å². The fourth-order valence-electron chi connectivity index (χ4n) is 1.90. The van der Waals surface area contributed by atoms with E-state index in [9.17, 15) is 23.1 Å². The van der Waals surface area contributed by atoms with Crippen molar-refractivity contribution in [1.29, 1.82) is 0 Å². The largest absolute Gasteiger partial charge is 0.478 e. The van der Waals surface area contributed by atoms with Crippen LogP contribution in [0.1, 0.15) is 15.9 Å². The maximum absolute atomic E-state index is 12.3. The lowest BCUT2D eigenvalue weighted by Gasteiger charge is -2.11. The molecule has 0 aromatic heterocycles. The lowest BCUT2D eigenvalue weighted by atomic mass is 10.1. The number of anilines is 1. The number of carboxylic acids is 2. The molecule has 124 valence electrons. The van der Waals surface area contributed by atoms with Gasteiger partial charge in [-0.2, -0.15) is 0 Å². The Kier molecular flexibility index (Phi) is 5.00. The zero-order valence-corrected chi connectivity index (χ0v) is 13.0. The first-order valence-corrected chi connectivity index (χ1v) is 8.14. The summed E-state index contributed by atoms with van der Waals surface area (Å²) in [4.78, 5) is 21.9. The average Bonchev–Trinajstić information content (AvgIpc) is 2.54. The number of hydrogen-bond acceptors (Lipinski definition) is 4. The molecule has 0 aliphatic heterocycles. The van der Waals surface area contributed by atoms with Gasteiger partial charge in [-0.25, -0.2) is 18.0 Å². The van der Waals surface area contributed by atoms with Crippen LogP contribution in [0.5, 0.6) is 0 Å². The number of rotatable bonds is 6. The van der Waals surface area contributed by atoms with Crippen molar-refractivity contribution >= 4 is 33.7 Å². The van der Waals surface area contributed by atoms with Gasteiger partial charge in [0.15, 0.2) is 0 Å². The number of sulfonamides is 1. The number of aromatic carboxylic acids is 1. The van der Waals surface area contributed by atoms with Gasteiger partial charge in [-0.1, -0.05) is 24.3 Å². The maximum atomic E-state index is 12.3. The fraction of sp³-hybridized carbons (Fsp3) is 0. The van der Waals surface area contributed by atoms with Crippen LogP contribution in [0.4, 0.5) is 5.69 Å². The van der Waals surface area contributed by atoms with Crippen molar-refractivity contribution in [2.75, 3.05) is 4.72 Å². The maximum Gasteiger partial charge on any atom is 0.337 e. The molecule has 0 radical (unpaired) electrons. The molecule has 0 saturated heterocycles. The standard InChI is InChI=1S/C16H13NO6S/c18-15(19)9-7-11-6-8-14(13(10-11)16(20)21)17-24(22,23)12-4-2-1-3-5-12/h1-10,17H,(H,18,19)(H,20,21). The molecule has 0 unspecified atom stereocenters. The Labute approximate surface area is 137 Å². The molecule has 0 aliphatic rings. The van der Waals surface area contributed by atoms with E-state index in [1.54, 1.807) is 18.2 Å². The van der Waals surface area contributed by atoms with Crippen LogP contribution in [0.3, 0.4) is 0 Å². The molecule has 3 N–H and O–H groups in total. The van der Waals surface area contributed by atoms with E-state index in [-0.39, 0.29) is 16.1 Å². The quantitative estimate of drug-likeness (QED) is 0.689. The topological polar surface area (TPSA) is 121 Å². The van der Waals surface area contributed by atoms with E-state index in [0.717, 1.165) is 6.08 Å². The number of hydrogen-bond donors (Lipinski definition) is 3. The highest BCUT2D eigenvalue weighted by atomic mass is 32.2. The van der Waals surface area contributed by atoms with Crippen molar-refractivity contribution in [2.45, 2.75) is 4.90 Å². The van der Waals surface area contributed by atoms with Crippen LogP contribution in [0.2, 0.25) is 0 Å². The first-order valence-electron chi connectivity index (χ1n) is 6.66. The van der Waals surface area contributed by atoms with Gasteiger partial charge in [-0.3, -0.25) is 4.72 Å². The smallest absolute Gasteiger partial charge is 0.337 e. The number of nitrogens with one attached hydrogen (secondary N) is 1. The van der Waals surface area contributed by atoms with Crippen LogP contribution < -0.4 is 4.72 Å². The normalized spacial score (nSPS) is 11.3. The predicted molar refractivity (Wildman–Crippen MR) is 87.3 cm³/mol. The molecule has 0 heterocycles. The third kappa shape index (κ3) is 4.20. The second kappa shape index (κ2) is 6.97. The summed E-state index contributed by atoms with van der Waals surface area (Å²) < 4.78 is 26.8. The van der Waals surface area contributed by atoms with Crippen molar-refractivity contribution < 1.29 is 28.2 Å². The minimum absolute atomic E-state index is 0.00353. The number of aliphatic carboxylic acids is 1. The Morgan fingerprint density at radius 2 is 1.67 bits per heavy atom. The molecule has 0 spiro atoms. The van der Waals surface area contributed by atoms with Crippen molar-refractivity contribution in [3.8, 4) is 0 Å². The zero-order valence-electron chi connectivity index (χ0n) is 12.2. The third-order valence-electron chi connectivity index (χ3n) is 2.99. The summed E-state index contributed by atoms with van der Waals surface area (Å²) in [6.07, 6.45) is 2.07. The van der Waals surface area contributed by atoms with E-state index in [1.807, 2.05) is 0 Å². The molecule has 2 aromatic carbocycles. The first-order chi connectivity index (χ1) is 11.3. The van der Waals surface area contributed by atoms with Crippen LogP contribution in [-0.2, 0) is 14.8 Å². The minimum atomic E-state index is -3.93. The third-order valence-corrected chi connectivity index (χ3v) is 4.37. The van der Waals surface area contributed by atoms with Crippen LogP contribution in [0.25, 0.3) is 6.08 Å². The lowest BCUT2D eigenvalue weighted by molar-refractivity contribution is -0.131. The zero-order chi connectivity index (χ0) is 17.7. The van der Waals surface area contributed by atoms with Gasteiger partial charge in [0.1, 0.15) is 0 Å². The SMILES string of the molecule is O=C(O)C=Cc1ccc(NS(=O)(=O)c2ccccc2)c(C(=O)O)c1. The Morgan fingerprint density at radius 1 is 1.00 bits per heavy atom. The van der Waals surface area contributed by atoms with Gasteiger partial charge in [0.2, 0.25) is 0 Å². The Balaban J connectivity index is 2.40. The molecule has 0 aliphatic carbocycles. The van der Waals surface area contributed by atoms with Crippen LogP contribution in [0, 0.1) is 0 Å². The molecule has 8 heteroatoms. The fourth-order valence-corrected chi connectivity index (χ4v) is 3.00. The Hall–Kier alpha value is -3.13. The van der Waals surface area contributed by atoms with E-state index in [0.29, 0.717) is 5.56 Å². The summed E-state index contributed by atoms with van der Waals surface area (Å²) in [7, 11) is -3.93. The molecular weight excluding hydrogens is 334 g/mol. The second-order valence-electron chi connectivity index (χ2n) is 4.70. The number of carbonyl (C=O) groups is 2. The Morgan fingerprint density at radius 3 is 2.25 bits per heavy atom. The van der Waals surface area contributed by atoms with E-state index < -0.39 is 22.0 Å². The van der Waals surface area contributed by atoms with Gasteiger partial charge in [0.05, 0.1) is 16.1 Å². The van der Waals surface area contributed by atoms with Crippen LogP contribution in [-0.4, -0.2) is 30.6 Å². The molecular formula is C16H13NO6S. The molecule has 24 heavy (non-hydrogen) atoms. The number of benzene rings is 2. The van der Waals surface area contributed by atoms with Gasteiger partial charge >= 0.3 is 11.9 Å². The molecule has 2 rings (SSSR count). The van der Waals surface area contributed by atoms with Gasteiger partial charge < -0.3 is 10.2 Å². The first kappa shape index (κ1) is 17.2. The molecule has 0 atom stereocenters. The summed E-state index contributed by atoms with van der Waals surface area (Å²) in [5, 5.41) is 17.9. The van der Waals surface area contributed by atoms with E-state index >= 15 is 0 Å². The second-order valence-corrected chi connectivity index (χ2v) is 6.38. The van der Waals surface area contributed by atoms with Gasteiger partial charge in [-0.05, 0) is 35.9 Å². The highest BCUT2D eigenvalue weighted by Crippen LogP contribution is 2.22. The monoisotopic (exact) mass is 347 g/mol. The highest BCUT2D eigenvalue weighted by molar-refractivity contribution is 7.92. The summed E-state index contributed by atoms with van der Waals surface area (Å²) in [5.74, 6) is -2.52. The molecule has 0 bridgehead atoms. The molecule has 0 fully saturated rings. The van der Waals surface area contributed by atoms with Crippen LogP contribution in [0.15, 0.2) is 59.5 Å². The summed E-state index contributed by atoms with van der Waals surface area (Å²) in [6, 6.07) is 11.4. The summed E-state index contributed by atoms with van der Waals surface area (Å²) in [6.45, 7) is 0. The van der Waals surface area contributed by atoms with Crippen LogP contribution >= 0.6 is 0 Å². The van der Waals surface area contributed by atoms with E-state index in [1.165, 1.54) is 36.4 Å². The number of carboxylic acid groups (broad SMARTS) is 2. The van der Waals surface area contributed by atoms with E-state index in [4.69, 9.17) is 5.11 Å². The average molecular weight is 347 g/mol. The molecule has 0 saturated carbocycles. The molecule has 7 nitrogen and oxygen atoms in total. The van der Waals surface area contributed by atoms with Crippen molar-refractivity contribution in [2.24, 2.45) is 0 Å². The van der Waals surface area contributed by atoms with Gasteiger partial charge in [0, 0.05) is 6.08 Å². The highest BCUT2D eigenvalue weighted by Gasteiger charge is 2.18. The molecule has 0 amide bonds. The molecule has 2 aromatic rings. The predicted octanol–water partition coefficient (Wildman–Crippen LogP) is 2.28. The van der Waals surface area contributed by atoms with Crippen molar-refractivity contribution in [3.63, 3.8) is 0 Å². The summed E-state index contributed by atoms with van der Waals surface area (Å²) in [5.41, 5.74) is -0.0849. The summed E-state index contributed by atoms with van der Waals surface area (Å²) >= 11 is 0. The Bertz CT molecular complexity index is 903.